The van der Waals surface area contributed by atoms with Crippen molar-refractivity contribution in [3.63, 3.8) is 0 Å². The molecule has 306 valence electrons. The van der Waals surface area contributed by atoms with E-state index in [9.17, 15) is 0 Å². The maximum Gasteiger partial charge on any atom is 0.0780 e. The lowest BCUT2D eigenvalue weighted by Gasteiger charge is -2.26. The molecular formula is C58H59N3. The molecule has 3 aromatic heterocycles. The summed E-state index contributed by atoms with van der Waals surface area (Å²) in [6, 6.07) is 47.6. The molecule has 0 amide bonds. The third-order valence-electron chi connectivity index (χ3n) is 12.6. The Hall–Kier alpha value is -6.06. The Balaban J connectivity index is 1.40. The fourth-order valence-electron chi connectivity index (χ4n) is 8.73. The van der Waals surface area contributed by atoms with Crippen LogP contribution >= 0.6 is 0 Å². The van der Waals surface area contributed by atoms with Crippen molar-refractivity contribution in [1.82, 2.24) is 15.0 Å². The van der Waals surface area contributed by atoms with Crippen molar-refractivity contribution in [1.29, 1.82) is 0 Å². The number of nitrogens with zero attached hydrogens (tertiary/aromatic N) is 2. The van der Waals surface area contributed by atoms with Crippen LogP contribution in [0, 0.1) is 0 Å². The molecule has 61 heavy (non-hydrogen) atoms. The number of benzene rings is 6. The Bertz CT molecular complexity index is 3120. The van der Waals surface area contributed by atoms with E-state index < -0.39 is 0 Å². The topological polar surface area (TPSA) is 41.6 Å². The van der Waals surface area contributed by atoms with Gasteiger partial charge in [-0.25, -0.2) is 4.98 Å². The molecule has 0 spiro atoms. The molecule has 3 nitrogen and oxygen atoms in total. The van der Waals surface area contributed by atoms with Gasteiger partial charge < -0.3 is 4.98 Å². The number of hydrogen-bond acceptors (Lipinski definition) is 2. The van der Waals surface area contributed by atoms with Gasteiger partial charge in [-0.3, -0.25) is 4.98 Å². The Morgan fingerprint density at radius 2 is 1.02 bits per heavy atom. The van der Waals surface area contributed by atoms with E-state index >= 15 is 0 Å². The van der Waals surface area contributed by atoms with Crippen LogP contribution in [-0.4, -0.2) is 15.0 Å². The predicted molar refractivity (Wildman–Crippen MR) is 263 cm³/mol. The molecule has 9 aromatic rings. The number of nitrogens with one attached hydrogen (secondary N) is 1. The van der Waals surface area contributed by atoms with E-state index in [0.29, 0.717) is 0 Å². The summed E-state index contributed by atoms with van der Waals surface area (Å²) in [7, 11) is 0. The molecule has 3 heteroatoms. The summed E-state index contributed by atoms with van der Waals surface area (Å²) >= 11 is 0. The third-order valence-corrected chi connectivity index (χ3v) is 12.6. The molecule has 0 radical (unpaired) electrons. The summed E-state index contributed by atoms with van der Waals surface area (Å²) in [5, 5.41) is 5.90. The minimum absolute atomic E-state index is 0.0276. The summed E-state index contributed by atoms with van der Waals surface area (Å²) in [6.45, 7) is 27.7. The zero-order valence-electron chi connectivity index (χ0n) is 38.1. The summed E-state index contributed by atoms with van der Waals surface area (Å²) in [5.74, 6) is 0. The highest BCUT2D eigenvalue weighted by atomic mass is 14.8. The molecule has 0 bridgehead atoms. The van der Waals surface area contributed by atoms with Gasteiger partial charge in [0.05, 0.1) is 22.4 Å². The van der Waals surface area contributed by atoms with E-state index in [1.165, 1.54) is 55.1 Å². The number of fused-ring (bicyclic) bond motifs is 6. The van der Waals surface area contributed by atoms with Crippen molar-refractivity contribution in [2.75, 3.05) is 0 Å². The van der Waals surface area contributed by atoms with E-state index in [2.05, 4.69) is 209 Å². The summed E-state index contributed by atoms with van der Waals surface area (Å²) in [6.07, 6.45) is 1.90. The SMILES string of the molecule is CC(C)(C)c1cc(-c2cc(-c3cc(-c4ccccc4)c4ccc5cccnc5c4c3)nc(-c3cc(C(C)(C)C)cc4c3[nH]c3ccc(C(C)(C)C)cc34)c2)cc(C(C)(C)C)c1. The van der Waals surface area contributed by atoms with E-state index in [4.69, 9.17) is 9.97 Å². The van der Waals surface area contributed by atoms with Crippen molar-refractivity contribution in [2.24, 2.45) is 0 Å². The molecule has 0 unspecified atom stereocenters. The van der Waals surface area contributed by atoms with Crippen molar-refractivity contribution in [3.05, 3.63) is 156 Å². The van der Waals surface area contributed by atoms with Crippen LogP contribution in [0.15, 0.2) is 134 Å². The standard InChI is InChI=1S/C58H59N3/c1-55(2,3)40-21-23-50-46(32-40)48-33-43(58(10,11)12)34-49(54(48)61-50)52-30-38(37-25-41(56(4,5)6)31-42(26-37)57(7,8)9)29-51(60-52)39-27-45(35-17-14-13-15-18-35)44-22-20-36-19-16-24-59-53(36)47(44)28-39/h13-34,61H,1-12H3. The van der Waals surface area contributed by atoms with Gasteiger partial charge in [0.15, 0.2) is 0 Å². The van der Waals surface area contributed by atoms with Gasteiger partial charge in [0.1, 0.15) is 0 Å². The second kappa shape index (κ2) is 14.3. The first kappa shape index (κ1) is 40.4. The summed E-state index contributed by atoms with van der Waals surface area (Å²) in [5.41, 5.74) is 17.1. The van der Waals surface area contributed by atoms with Crippen molar-refractivity contribution in [3.8, 4) is 44.8 Å². The number of rotatable bonds is 4. The van der Waals surface area contributed by atoms with Crippen LogP contribution in [-0.2, 0) is 21.7 Å². The zero-order chi connectivity index (χ0) is 43.2. The van der Waals surface area contributed by atoms with Gasteiger partial charge in [0.2, 0.25) is 0 Å². The smallest absolute Gasteiger partial charge is 0.0780 e. The molecule has 0 saturated heterocycles. The molecule has 1 N–H and O–H groups in total. The largest absolute Gasteiger partial charge is 0.354 e. The Morgan fingerprint density at radius 1 is 0.393 bits per heavy atom. The van der Waals surface area contributed by atoms with Crippen LogP contribution in [0.25, 0.3) is 88.2 Å². The van der Waals surface area contributed by atoms with Gasteiger partial charge in [-0.1, -0.05) is 156 Å². The second-order valence-corrected chi connectivity index (χ2v) is 21.4. The average molecular weight is 798 g/mol. The molecule has 0 aliphatic rings. The fraction of sp³-hybridized carbons (Fsp3) is 0.276. The van der Waals surface area contributed by atoms with Crippen LogP contribution < -0.4 is 0 Å². The van der Waals surface area contributed by atoms with E-state index in [-0.39, 0.29) is 21.7 Å². The molecule has 0 atom stereocenters. The zero-order valence-corrected chi connectivity index (χ0v) is 38.1. The van der Waals surface area contributed by atoms with Gasteiger partial charge in [0.25, 0.3) is 0 Å². The van der Waals surface area contributed by atoms with Gasteiger partial charge >= 0.3 is 0 Å². The number of aromatic nitrogens is 3. The van der Waals surface area contributed by atoms with E-state index in [1.54, 1.807) is 0 Å². The minimum Gasteiger partial charge on any atom is -0.354 e. The average Bonchev–Trinajstić information content (AvgIpc) is 3.60. The lowest BCUT2D eigenvalue weighted by molar-refractivity contribution is 0.569. The molecule has 0 saturated carbocycles. The van der Waals surface area contributed by atoms with Gasteiger partial charge in [0, 0.05) is 44.4 Å². The van der Waals surface area contributed by atoms with Gasteiger partial charge in [-0.15, -0.1) is 0 Å². The lowest BCUT2D eigenvalue weighted by Crippen LogP contribution is -2.16. The maximum atomic E-state index is 5.72. The van der Waals surface area contributed by atoms with Crippen LogP contribution in [0.2, 0.25) is 0 Å². The number of aromatic amines is 1. The van der Waals surface area contributed by atoms with Crippen LogP contribution in [0.1, 0.15) is 105 Å². The molecule has 9 rings (SSSR count). The van der Waals surface area contributed by atoms with Crippen molar-refractivity contribution < 1.29 is 0 Å². The summed E-state index contributed by atoms with van der Waals surface area (Å²) in [4.78, 5) is 14.6. The van der Waals surface area contributed by atoms with Crippen LogP contribution in [0.3, 0.4) is 0 Å². The Morgan fingerprint density at radius 3 is 1.69 bits per heavy atom. The fourth-order valence-corrected chi connectivity index (χ4v) is 8.73. The number of pyridine rings is 2. The second-order valence-electron chi connectivity index (χ2n) is 21.4. The van der Waals surface area contributed by atoms with Gasteiger partial charge in [-0.2, -0.15) is 0 Å². The Kier molecular flexibility index (Phi) is 9.44. The van der Waals surface area contributed by atoms with Crippen molar-refractivity contribution >= 4 is 43.5 Å². The maximum absolute atomic E-state index is 5.72. The Labute approximate surface area is 362 Å². The number of H-pyrrole nitrogens is 1. The van der Waals surface area contributed by atoms with Crippen molar-refractivity contribution in [2.45, 2.75) is 105 Å². The normalized spacial score (nSPS) is 12.9. The van der Waals surface area contributed by atoms with E-state index in [0.717, 1.165) is 55.4 Å². The minimum atomic E-state index is -0.0890. The highest BCUT2D eigenvalue weighted by molar-refractivity contribution is 6.13. The molecular weight excluding hydrogens is 739 g/mol. The van der Waals surface area contributed by atoms with Crippen LogP contribution in [0.5, 0.6) is 0 Å². The third kappa shape index (κ3) is 7.54. The molecule has 0 aliphatic heterocycles. The first-order valence-electron chi connectivity index (χ1n) is 21.9. The summed E-state index contributed by atoms with van der Waals surface area (Å²) < 4.78 is 0. The van der Waals surface area contributed by atoms with Crippen LogP contribution in [0.4, 0.5) is 0 Å². The highest BCUT2D eigenvalue weighted by Gasteiger charge is 2.25. The monoisotopic (exact) mass is 797 g/mol. The lowest BCUT2D eigenvalue weighted by atomic mass is 9.78. The molecule has 0 fully saturated rings. The number of hydrogen-bond donors (Lipinski definition) is 1. The van der Waals surface area contributed by atoms with Gasteiger partial charge in [-0.05, 0) is 126 Å². The molecule has 0 aliphatic carbocycles. The molecule has 6 aromatic carbocycles. The predicted octanol–water partition coefficient (Wildman–Crippen LogP) is 16.3. The van der Waals surface area contributed by atoms with E-state index in [1.807, 2.05) is 12.3 Å². The first-order valence-corrected chi connectivity index (χ1v) is 21.9. The highest BCUT2D eigenvalue weighted by Crippen LogP contribution is 2.43. The quantitative estimate of drug-likeness (QED) is 0.180. The molecule has 3 heterocycles. The first-order chi connectivity index (χ1) is 28.7.